The van der Waals surface area contributed by atoms with Gasteiger partial charge in [-0.1, -0.05) is 18.2 Å². The molecule has 0 aromatic heterocycles. The van der Waals surface area contributed by atoms with Crippen molar-refractivity contribution in [1.29, 1.82) is 0 Å². The highest BCUT2D eigenvalue weighted by Gasteiger charge is 2.33. The summed E-state index contributed by atoms with van der Waals surface area (Å²) in [6.45, 7) is 0.479. The van der Waals surface area contributed by atoms with Crippen LogP contribution in [-0.2, 0) is 14.8 Å². The number of carbonyl (C=O) groups excluding carboxylic acids is 1. The normalized spacial score (nSPS) is 18.7. The molecular weight excluding hydrogens is 343 g/mol. The van der Waals surface area contributed by atoms with Gasteiger partial charge in [-0.2, -0.15) is 4.31 Å². The molecule has 1 aliphatic heterocycles. The third kappa shape index (κ3) is 4.05. The van der Waals surface area contributed by atoms with Gasteiger partial charge in [-0.3, -0.25) is 4.79 Å². The Morgan fingerprint density at radius 2 is 1.76 bits per heavy atom. The zero-order valence-corrected chi connectivity index (χ0v) is 14.4. The number of nitrogens with one attached hydrogen (secondary N) is 1. The minimum atomic E-state index is -3.73. The molecule has 0 aliphatic carbocycles. The van der Waals surface area contributed by atoms with E-state index in [1.165, 1.54) is 16.4 Å². The maximum Gasteiger partial charge on any atom is 0.243 e. The van der Waals surface area contributed by atoms with Gasteiger partial charge in [0.2, 0.25) is 15.9 Å². The number of sulfonamides is 1. The molecule has 3 rings (SSSR count). The first-order valence-corrected chi connectivity index (χ1v) is 9.52. The van der Waals surface area contributed by atoms with Crippen LogP contribution >= 0.6 is 0 Å². The average molecular weight is 362 g/mol. The Hall–Kier alpha value is -2.25. The topological polar surface area (TPSA) is 66.5 Å². The summed E-state index contributed by atoms with van der Waals surface area (Å²) in [6, 6.07) is 13.8. The number of para-hydroxylation sites is 1. The van der Waals surface area contributed by atoms with Crippen molar-refractivity contribution in [2.45, 2.75) is 17.7 Å². The number of amides is 1. The molecule has 2 aromatic rings. The Balaban J connectivity index is 1.72. The van der Waals surface area contributed by atoms with Gasteiger partial charge in [0.1, 0.15) is 5.82 Å². The molecule has 0 unspecified atom stereocenters. The first kappa shape index (κ1) is 17.6. The molecule has 1 atom stereocenters. The van der Waals surface area contributed by atoms with Gasteiger partial charge in [-0.25, -0.2) is 12.8 Å². The van der Waals surface area contributed by atoms with Crippen molar-refractivity contribution < 1.29 is 17.6 Å². The maximum atomic E-state index is 13.0. The van der Waals surface area contributed by atoms with E-state index in [2.05, 4.69) is 5.32 Å². The fourth-order valence-electron chi connectivity index (χ4n) is 2.90. The van der Waals surface area contributed by atoms with Gasteiger partial charge in [-0.05, 0) is 49.2 Å². The largest absolute Gasteiger partial charge is 0.326 e. The van der Waals surface area contributed by atoms with Gasteiger partial charge < -0.3 is 5.32 Å². The zero-order chi connectivity index (χ0) is 17.9. The van der Waals surface area contributed by atoms with E-state index in [1.807, 2.05) is 18.2 Å². The van der Waals surface area contributed by atoms with Crippen molar-refractivity contribution in [3.8, 4) is 0 Å². The zero-order valence-electron chi connectivity index (χ0n) is 13.6. The van der Waals surface area contributed by atoms with Crippen LogP contribution in [0.1, 0.15) is 12.8 Å². The number of carbonyl (C=O) groups is 1. The first-order chi connectivity index (χ1) is 12.0. The Bertz CT molecular complexity index is 838. The van der Waals surface area contributed by atoms with Crippen molar-refractivity contribution in [1.82, 2.24) is 4.31 Å². The van der Waals surface area contributed by atoms with E-state index >= 15 is 0 Å². The van der Waals surface area contributed by atoms with E-state index in [0.29, 0.717) is 25.1 Å². The molecule has 0 bridgehead atoms. The van der Waals surface area contributed by atoms with Crippen LogP contribution in [0, 0.1) is 11.7 Å². The lowest BCUT2D eigenvalue weighted by molar-refractivity contribution is -0.120. The summed E-state index contributed by atoms with van der Waals surface area (Å²) in [5.41, 5.74) is 0.686. The van der Waals surface area contributed by atoms with Crippen LogP contribution in [0.5, 0.6) is 0 Å². The molecule has 7 heteroatoms. The molecule has 0 radical (unpaired) electrons. The molecule has 132 valence electrons. The van der Waals surface area contributed by atoms with Gasteiger partial charge in [0.25, 0.3) is 0 Å². The third-order valence-electron chi connectivity index (χ3n) is 4.25. The van der Waals surface area contributed by atoms with Gasteiger partial charge in [0, 0.05) is 18.8 Å². The number of rotatable bonds is 4. The lowest BCUT2D eigenvalue weighted by Crippen LogP contribution is -2.43. The summed E-state index contributed by atoms with van der Waals surface area (Å²) in [5, 5.41) is 2.82. The van der Waals surface area contributed by atoms with Crippen LogP contribution in [0.2, 0.25) is 0 Å². The second-order valence-electron chi connectivity index (χ2n) is 6.01. The molecule has 1 amide bonds. The number of benzene rings is 2. The minimum Gasteiger partial charge on any atom is -0.326 e. The minimum absolute atomic E-state index is 0.0398. The van der Waals surface area contributed by atoms with E-state index < -0.39 is 21.8 Å². The smallest absolute Gasteiger partial charge is 0.243 e. The van der Waals surface area contributed by atoms with Gasteiger partial charge in [-0.15, -0.1) is 0 Å². The second-order valence-corrected chi connectivity index (χ2v) is 7.95. The maximum absolute atomic E-state index is 13.0. The summed E-state index contributed by atoms with van der Waals surface area (Å²) in [4.78, 5) is 12.5. The van der Waals surface area contributed by atoms with Crippen LogP contribution in [-0.4, -0.2) is 31.7 Å². The number of halogens is 1. The monoisotopic (exact) mass is 362 g/mol. The standard InChI is InChI=1S/C18H19FN2O3S/c19-15-8-10-17(11-9-15)25(23,24)21-12-4-5-14(13-21)18(22)20-16-6-2-1-3-7-16/h1-3,6-11,14H,4-5,12-13H2,(H,20,22)/t14-/m1/s1. The Morgan fingerprint density at radius 3 is 2.44 bits per heavy atom. The molecule has 0 saturated carbocycles. The van der Waals surface area contributed by atoms with Crippen LogP contribution in [0.25, 0.3) is 0 Å². The average Bonchev–Trinajstić information content (AvgIpc) is 2.63. The second kappa shape index (κ2) is 7.33. The summed E-state index contributed by atoms with van der Waals surface area (Å²) in [5.74, 6) is -1.09. The molecular formula is C18H19FN2O3S. The van der Waals surface area contributed by atoms with E-state index in [4.69, 9.17) is 0 Å². The SMILES string of the molecule is O=C(Nc1ccccc1)[C@@H]1CCCN(S(=O)(=O)c2ccc(F)cc2)C1. The number of nitrogens with zero attached hydrogens (tertiary/aromatic N) is 1. The molecule has 25 heavy (non-hydrogen) atoms. The fourth-order valence-corrected chi connectivity index (χ4v) is 4.42. The number of anilines is 1. The van der Waals surface area contributed by atoms with Crippen molar-refractivity contribution in [2.24, 2.45) is 5.92 Å². The third-order valence-corrected chi connectivity index (χ3v) is 6.13. The van der Waals surface area contributed by atoms with E-state index in [1.54, 1.807) is 12.1 Å². The highest BCUT2D eigenvalue weighted by Crippen LogP contribution is 2.25. The Labute approximate surface area is 146 Å². The molecule has 1 aliphatic rings. The van der Waals surface area contributed by atoms with Gasteiger partial charge in [0.05, 0.1) is 10.8 Å². The van der Waals surface area contributed by atoms with Crippen LogP contribution in [0.15, 0.2) is 59.5 Å². The van der Waals surface area contributed by atoms with E-state index in [9.17, 15) is 17.6 Å². The Kier molecular flexibility index (Phi) is 5.15. The Morgan fingerprint density at radius 1 is 1.08 bits per heavy atom. The van der Waals surface area contributed by atoms with E-state index in [-0.39, 0.29) is 17.3 Å². The predicted molar refractivity (Wildman–Crippen MR) is 93.0 cm³/mol. The molecule has 1 N–H and O–H groups in total. The first-order valence-electron chi connectivity index (χ1n) is 8.08. The van der Waals surface area contributed by atoms with Crippen LogP contribution in [0.4, 0.5) is 10.1 Å². The van der Waals surface area contributed by atoms with Crippen LogP contribution in [0.3, 0.4) is 0 Å². The van der Waals surface area contributed by atoms with Crippen LogP contribution < -0.4 is 5.32 Å². The molecule has 1 saturated heterocycles. The molecule has 5 nitrogen and oxygen atoms in total. The van der Waals surface area contributed by atoms with Crippen molar-refractivity contribution in [3.63, 3.8) is 0 Å². The van der Waals surface area contributed by atoms with Crippen molar-refractivity contribution in [3.05, 3.63) is 60.4 Å². The molecule has 2 aromatic carbocycles. The number of hydrogen-bond donors (Lipinski definition) is 1. The molecule has 1 fully saturated rings. The van der Waals surface area contributed by atoms with Gasteiger partial charge >= 0.3 is 0 Å². The number of hydrogen-bond acceptors (Lipinski definition) is 3. The summed E-state index contributed by atoms with van der Waals surface area (Å²) < 4.78 is 39.7. The lowest BCUT2D eigenvalue weighted by Gasteiger charge is -2.31. The quantitative estimate of drug-likeness (QED) is 0.909. The van der Waals surface area contributed by atoms with E-state index in [0.717, 1.165) is 12.1 Å². The predicted octanol–water partition coefficient (Wildman–Crippen LogP) is 2.87. The summed E-state index contributed by atoms with van der Waals surface area (Å²) in [6.07, 6.45) is 1.24. The molecule has 1 heterocycles. The highest BCUT2D eigenvalue weighted by atomic mass is 32.2. The van der Waals surface area contributed by atoms with Crippen molar-refractivity contribution >= 4 is 21.6 Å². The lowest BCUT2D eigenvalue weighted by atomic mass is 9.99. The van der Waals surface area contributed by atoms with Crippen molar-refractivity contribution in [2.75, 3.05) is 18.4 Å². The highest BCUT2D eigenvalue weighted by molar-refractivity contribution is 7.89. The summed E-state index contributed by atoms with van der Waals surface area (Å²) in [7, 11) is -3.73. The number of piperidine rings is 1. The summed E-state index contributed by atoms with van der Waals surface area (Å²) >= 11 is 0. The van der Waals surface area contributed by atoms with Gasteiger partial charge in [0.15, 0.2) is 0 Å². The fraction of sp³-hybridized carbons (Fsp3) is 0.278. The molecule has 0 spiro atoms.